The fraction of sp³-hybridized carbons (Fsp3) is 0.700. The summed E-state index contributed by atoms with van der Waals surface area (Å²) in [5, 5.41) is 26.6. The fourth-order valence-corrected chi connectivity index (χ4v) is 1.60. The molecule has 0 aromatic carbocycles. The van der Waals surface area contributed by atoms with Gasteiger partial charge in [-0.05, 0) is 6.42 Å². The van der Waals surface area contributed by atoms with Crippen molar-refractivity contribution in [3.05, 3.63) is 15.8 Å². The number of nitrogens with one attached hydrogen (secondary N) is 1. The van der Waals surface area contributed by atoms with Crippen LogP contribution in [-0.2, 0) is 18.2 Å². The van der Waals surface area contributed by atoms with Gasteiger partial charge in [0.05, 0.1) is 24.7 Å². The first-order valence-corrected chi connectivity index (χ1v) is 5.74. The minimum atomic E-state index is -0.428. The Kier molecular flexibility index (Phi) is 5.53. The van der Waals surface area contributed by atoms with Crippen LogP contribution in [0.3, 0.4) is 0 Å². The number of rotatable bonds is 8. The Morgan fingerprint density at radius 1 is 1.56 bits per heavy atom. The summed E-state index contributed by atoms with van der Waals surface area (Å²) in [7, 11) is 1.66. The number of aryl methyl sites for hydroxylation is 2. The molecular weight excluding hydrogens is 240 g/mol. The van der Waals surface area contributed by atoms with E-state index in [1.807, 2.05) is 6.92 Å². The number of hydrogen-bond acceptors (Lipinski definition) is 6. The maximum Gasteiger partial charge on any atom is 0.333 e. The van der Waals surface area contributed by atoms with Crippen LogP contribution < -0.4 is 5.32 Å². The van der Waals surface area contributed by atoms with Crippen LogP contribution in [0, 0.1) is 10.1 Å². The number of aromatic nitrogens is 2. The third-order valence-electron chi connectivity index (χ3n) is 2.38. The van der Waals surface area contributed by atoms with E-state index < -0.39 is 4.92 Å². The van der Waals surface area contributed by atoms with Crippen LogP contribution in [0.5, 0.6) is 0 Å². The zero-order chi connectivity index (χ0) is 13.5. The maximum absolute atomic E-state index is 11.0. The van der Waals surface area contributed by atoms with Gasteiger partial charge in [-0.25, -0.2) is 4.68 Å². The largest absolute Gasteiger partial charge is 0.394 e. The highest BCUT2D eigenvalue weighted by Gasteiger charge is 2.24. The molecule has 0 aliphatic rings. The second-order valence-corrected chi connectivity index (χ2v) is 3.64. The molecular formula is C10H18N4O4. The van der Waals surface area contributed by atoms with Gasteiger partial charge in [0.25, 0.3) is 0 Å². The summed E-state index contributed by atoms with van der Waals surface area (Å²) in [6, 6.07) is 0. The predicted octanol–water partition coefficient (Wildman–Crippen LogP) is 0.312. The summed E-state index contributed by atoms with van der Waals surface area (Å²) in [6.07, 6.45) is 0.507. The number of aliphatic hydroxyl groups excluding tert-OH is 1. The topological polar surface area (TPSA) is 102 Å². The van der Waals surface area contributed by atoms with Gasteiger partial charge in [0, 0.05) is 13.6 Å². The van der Waals surface area contributed by atoms with Crippen molar-refractivity contribution < 1.29 is 14.8 Å². The van der Waals surface area contributed by atoms with Crippen LogP contribution in [0.2, 0.25) is 0 Å². The summed E-state index contributed by atoms with van der Waals surface area (Å²) < 4.78 is 6.53. The van der Waals surface area contributed by atoms with Crippen LogP contribution in [0.1, 0.15) is 12.6 Å². The molecule has 0 unspecified atom stereocenters. The molecule has 18 heavy (non-hydrogen) atoms. The Balaban J connectivity index is 2.69. The van der Waals surface area contributed by atoms with Crippen LogP contribution in [0.4, 0.5) is 11.5 Å². The molecule has 0 bridgehead atoms. The third-order valence-corrected chi connectivity index (χ3v) is 2.38. The average molecular weight is 258 g/mol. The van der Waals surface area contributed by atoms with Crippen molar-refractivity contribution in [2.24, 2.45) is 7.05 Å². The third kappa shape index (κ3) is 3.41. The molecule has 8 nitrogen and oxygen atoms in total. The summed E-state index contributed by atoms with van der Waals surface area (Å²) in [5.41, 5.74) is 0.475. The number of nitro groups is 1. The highest BCUT2D eigenvalue weighted by molar-refractivity contribution is 5.59. The van der Waals surface area contributed by atoms with E-state index >= 15 is 0 Å². The molecule has 0 atom stereocenters. The molecule has 8 heteroatoms. The van der Waals surface area contributed by atoms with Crippen molar-refractivity contribution in [3.63, 3.8) is 0 Å². The van der Waals surface area contributed by atoms with Crippen LogP contribution in [0.25, 0.3) is 0 Å². The molecule has 0 saturated heterocycles. The number of ether oxygens (including phenoxy) is 1. The number of anilines is 1. The molecule has 2 N–H and O–H groups in total. The maximum atomic E-state index is 11.0. The first kappa shape index (κ1) is 14.4. The van der Waals surface area contributed by atoms with E-state index in [2.05, 4.69) is 10.4 Å². The van der Waals surface area contributed by atoms with Gasteiger partial charge in [-0.1, -0.05) is 6.92 Å². The Morgan fingerprint density at radius 2 is 2.28 bits per heavy atom. The number of aliphatic hydroxyl groups is 1. The minimum absolute atomic E-state index is 0.0159. The van der Waals surface area contributed by atoms with Crippen molar-refractivity contribution in [1.29, 1.82) is 0 Å². The van der Waals surface area contributed by atoms with Gasteiger partial charge in [-0.2, -0.15) is 5.10 Å². The summed E-state index contributed by atoms with van der Waals surface area (Å²) in [4.78, 5) is 10.6. The smallest absolute Gasteiger partial charge is 0.333 e. The standard InChI is InChI=1S/C10H18N4O4/c1-3-8-9(14(16)17)10(13(2)12-8)11-4-6-18-7-5-15/h11,15H,3-7H2,1-2H3. The van der Waals surface area contributed by atoms with Crippen molar-refractivity contribution in [1.82, 2.24) is 9.78 Å². The van der Waals surface area contributed by atoms with E-state index in [0.29, 0.717) is 31.1 Å². The predicted molar refractivity (Wildman–Crippen MR) is 65.6 cm³/mol. The van der Waals surface area contributed by atoms with Crippen molar-refractivity contribution >= 4 is 11.5 Å². The lowest BCUT2D eigenvalue weighted by Crippen LogP contribution is -2.14. The van der Waals surface area contributed by atoms with Gasteiger partial charge >= 0.3 is 5.69 Å². The molecule has 0 amide bonds. The lowest BCUT2D eigenvalue weighted by molar-refractivity contribution is -0.384. The first-order chi connectivity index (χ1) is 8.61. The molecule has 1 heterocycles. The molecule has 0 aliphatic carbocycles. The van der Waals surface area contributed by atoms with Crippen LogP contribution in [-0.4, -0.2) is 46.2 Å². The van der Waals surface area contributed by atoms with E-state index in [0.717, 1.165) is 0 Å². The van der Waals surface area contributed by atoms with Gasteiger partial charge in [-0.15, -0.1) is 0 Å². The summed E-state index contributed by atoms with van der Waals surface area (Å²) in [6.45, 7) is 2.83. The summed E-state index contributed by atoms with van der Waals surface area (Å²) >= 11 is 0. The lowest BCUT2D eigenvalue weighted by Gasteiger charge is -2.06. The van der Waals surface area contributed by atoms with Crippen molar-refractivity contribution in [3.8, 4) is 0 Å². The SMILES string of the molecule is CCc1nn(C)c(NCCOCCO)c1[N+](=O)[O-]. The highest BCUT2D eigenvalue weighted by atomic mass is 16.6. The zero-order valence-corrected chi connectivity index (χ0v) is 10.5. The van der Waals surface area contributed by atoms with Gasteiger partial charge in [0.2, 0.25) is 5.82 Å². The van der Waals surface area contributed by atoms with Gasteiger partial charge in [0.1, 0.15) is 5.69 Å². The Bertz CT molecular complexity index is 405. The van der Waals surface area contributed by atoms with E-state index in [4.69, 9.17) is 9.84 Å². The van der Waals surface area contributed by atoms with E-state index in [9.17, 15) is 10.1 Å². The van der Waals surface area contributed by atoms with Crippen molar-refractivity contribution in [2.75, 3.05) is 31.7 Å². The second kappa shape index (κ2) is 6.92. The Morgan fingerprint density at radius 3 is 2.83 bits per heavy atom. The van der Waals surface area contributed by atoms with E-state index in [1.165, 1.54) is 4.68 Å². The molecule has 0 fully saturated rings. The quantitative estimate of drug-likeness (QED) is 0.395. The Hall–Kier alpha value is -1.67. The monoisotopic (exact) mass is 258 g/mol. The molecule has 102 valence electrons. The molecule has 0 saturated carbocycles. The average Bonchev–Trinajstić information content (AvgIpc) is 2.66. The molecule has 0 spiro atoms. The van der Waals surface area contributed by atoms with E-state index in [1.54, 1.807) is 7.05 Å². The minimum Gasteiger partial charge on any atom is -0.394 e. The van der Waals surface area contributed by atoms with Crippen LogP contribution >= 0.6 is 0 Å². The first-order valence-electron chi connectivity index (χ1n) is 5.74. The molecule has 0 radical (unpaired) electrons. The number of hydrogen-bond donors (Lipinski definition) is 2. The fourth-order valence-electron chi connectivity index (χ4n) is 1.60. The normalized spacial score (nSPS) is 10.6. The molecule has 1 aromatic heterocycles. The van der Waals surface area contributed by atoms with Gasteiger partial charge < -0.3 is 15.2 Å². The zero-order valence-electron chi connectivity index (χ0n) is 10.5. The Labute approximate surface area is 105 Å². The summed E-state index contributed by atoms with van der Waals surface area (Å²) in [5.74, 6) is 0.379. The molecule has 1 aromatic rings. The van der Waals surface area contributed by atoms with E-state index in [-0.39, 0.29) is 18.9 Å². The van der Waals surface area contributed by atoms with Gasteiger partial charge in [0.15, 0.2) is 0 Å². The van der Waals surface area contributed by atoms with Crippen LogP contribution in [0.15, 0.2) is 0 Å². The highest BCUT2D eigenvalue weighted by Crippen LogP contribution is 2.27. The second-order valence-electron chi connectivity index (χ2n) is 3.64. The van der Waals surface area contributed by atoms with Gasteiger partial charge in [-0.3, -0.25) is 10.1 Å². The molecule has 0 aliphatic heterocycles. The van der Waals surface area contributed by atoms with Crippen molar-refractivity contribution in [2.45, 2.75) is 13.3 Å². The lowest BCUT2D eigenvalue weighted by atomic mass is 10.3. The molecule has 1 rings (SSSR count). The number of nitrogens with zero attached hydrogens (tertiary/aromatic N) is 3.